The number of ether oxygens (including phenoxy) is 2. The van der Waals surface area contributed by atoms with Gasteiger partial charge in [0.05, 0.1) is 18.9 Å². The van der Waals surface area contributed by atoms with Crippen molar-refractivity contribution in [2.75, 3.05) is 13.2 Å². The maximum Gasteiger partial charge on any atom is 0.316 e. The van der Waals surface area contributed by atoms with Gasteiger partial charge in [-0.2, -0.15) is 0 Å². The van der Waals surface area contributed by atoms with Gasteiger partial charge < -0.3 is 19.7 Å². The van der Waals surface area contributed by atoms with Crippen LogP contribution in [0.2, 0.25) is 0 Å². The molecule has 3 atom stereocenters. The van der Waals surface area contributed by atoms with Gasteiger partial charge in [-0.15, -0.1) is 0 Å². The molecule has 2 aliphatic rings. The number of carbonyl (C=O) groups is 3. The van der Waals surface area contributed by atoms with Crippen molar-refractivity contribution in [3.05, 3.63) is 0 Å². The second-order valence-corrected chi connectivity index (χ2v) is 5.84. The van der Waals surface area contributed by atoms with Crippen LogP contribution in [-0.2, 0) is 23.9 Å². The third kappa shape index (κ3) is 5.31. The van der Waals surface area contributed by atoms with E-state index in [1.54, 1.807) is 6.21 Å². The summed E-state index contributed by atoms with van der Waals surface area (Å²) in [6.45, 7) is 0.866. The van der Waals surface area contributed by atoms with Crippen LogP contribution in [0, 0.1) is 5.92 Å². The highest BCUT2D eigenvalue weighted by atomic mass is 16.6. The summed E-state index contributed by atoms with van der Waals surface area (Å²) in [5.74, 6) is -2.88. The highest BCUT2D eigenvalue weighted by Gasteiger charge is 2.36. The first-order chi connectivity index (χ1) is 11.0. The Balaban J connectivity index is 1.76. The Morgan fingerprint density at radius 2 is 1.96 bits per heavy atom. The maximum absolute atomic E-state index is 11.4. The van der Waals surface area contributed by atoms with E-state index in [0.717, 1.165) is 25.8 Å². The van der Waals surface area contributed by atoms with Crippen LogP contribution < -0.4 is 0 Å². The number of carboxylic acid groups (broad SMARTS) is 2. The average Bonchev–Trinajstić information content (AvgIpc) is 3.00. The summed E-state index contributed by atoms with van der Waals surface area (Å²) in [6.07, 6.45) is 3.84. The van der Waals surface area contributed by atoms with Crippen LogP contribution in [0.5, 0.6) is 0 Å². The molecule has 23 heavy (non-hydrogen) atoms. The minimum absolute atomic E-state index is 0.102. The molecule has 0 saturated carbocycles. The number of hydrogen-bond donors (Lipinski definition) is 2. The number of hydrogen-bond acceptors (Lipinski definition) is 5. The maximum atomic E-state index is 11.4. The number of nitrogens with zero attached hydrogens (tertiary/aromatic N) is 1. The minimum Gasteiger partial charge on any atom is -0.481 e. The molecule has 2 aliphatic heterocycles. The van der Waals surface area contributed by atoms with Crippen molar-refractivity contribution in [3.8, 4) is 0 Å². The molecule has 0 aliphatic carbocycles. The van der Waals surface area contributed by atoms with Crippen molar-refractivity contribution < 1.29 is 38.6 Å². The van der Waals surface area contributed by atoms with E-state index in [1.807, 2.05) is 4.58 Å². The quantitative estimate of drug-likeness (QED) is 0.516. The zero-order chi connectivity index (χ0) is 16.8. The number of esters is 1. The summed E-state index contributed by atoms with van der Waals surface area (Å²) in [7, 11) is 0. The van der Waals surface area contributed by atoms with Gasteiger partial charge in [0.15, 0.2) is 6.21 Å². The number of rotatable bonds is 7. The van der Waals surface area contributed by atoms with E-state index in [2.05, 4.69) is 0 Å². The van der Waals surface area contributed by atoms with Crippen molar-refractivity contribution in [1.29, 1.82) is 0 Å². The second kappa shape index (κ2) is 8.05. The number of carbonyl (C=O) groups excluding carboxylic acids is 1. The topological polar surface area (TPSA) is 113 Å². The van der Waals surface area contributed by atoms with Crippen LogP contribution in [0.1, 0.15) is 38.5 Å². The molecule has 1 saturated heterocycles. The average molecular weight is 328 g/mol. The van der Waals surface area contributed by atoms with Gasteiger partial charge in [0.1, 0.15) is 19.1 Å². The molecule has 2 rings (SSSR count). The lowest BCUT2D eigenvalue weighted by atomic mass is 10.0. The van der Waals surface area contributed by atoms with Crippen LogP contribution in [0.4, 0.5) is 0 Å². The number of aliphatic carboxylic acids is 2. The Kier molecular flexibility index (Phi) is 6.09. The van der Waals surface area contributed by atoms with Gasteiger partial charge in [-0.25, -0.2) is 4.58 Å². The van der Waals surface area contributed by atoms with Crippen LogP contribution in [0.3, 0.4) is 0 Å². The fourth-order valence-corrected chi connectivity index (χ4v) is 2.82. The molecular formula is C15H22NO7+. The molecule has 0 aromatic carbocycles. The predicted octanol–water partition coefficient (Wildman–Crippen LogP) is 0.477. The fraction of sp³-hybridized carbons (Fsp3) is 0.733. The van der Waals surface area contributed by atoms with E-state index >= 15 is 0 Å². The van der Waals surface area contributed by atoms with Crippen molar-refractivity contribution >= 4 is 24.1 Å². The molecule has 0 aromatic heterocycles. The van der Waals surface area contributed by atoms with Gasteiger partial charge in [-0.3, -0.25) is 14.4 Å². The third-order valence-corrected chi connectivity index (χ3v) is 4.05. The van der Waals surface area contributed by atoms with E-state index in [1.165, 1.54) is 0 Å². The first-order valence-corrected chi connectivity index (χ1v) is 7.82. The van der Waals surface area contributed by atoms with Crippen LogP contribution >= 0.6 is 0 Å². The summed E-state index contributed by atoms with van der Waals surface area (Å²) in [6, 6.07) is 0. The molecule has 8 nitrogen and oxygen atoms in total. The normalized spacial score (nSPS) is 27.3. The molecule has 128 valence electrons. The molecule has 0 aromatic rings. The van der Waals surface area contributed by atoms with Crippen molar-refractivity contribution in [2.45, 2.75) is 50.9 Å². The first kappa shape index (κ1) is 17.4. The summed E-state index contributed by atoms with van der Waals surface area (Å²) in [4.78, 5) is 32.8. The van der Waals surface area contributed by atoms with E-state index in [-0.39, 0.29) is 31.8 Å². The van der Waals surface area contributed by atoms with E-state index in [0.29, 0.717) is 6.42 Å². The Morgan fingerprint density at radius 3 is 2.65 bits per heavy atom. The monoisotopic (exact) mass is 328 g/mol. The van der Waals surface area contributed by atoms with Crippen LogP contribution in [0.25, 0.3) is 0 Å². The minimum atomic E-state index is -1.03. The molecule has 8 heteroatoms. The predicted molar refractivity (Wildman–Crippen MR) is 77.3 cm³/mol. The van der Waals surface area contributed by atoms with Crippen molar-refractivity contribution in [3.63, 3.8) is 0 Å². The van der Waals surface area contributed by atoms with Gasteiger partial charge in [0.25, 0.3) is 6.23 Å². The van der Waals surface area contributed by atoms with Gasteiger partial charge >= 0.3 is 17.9 Å². The Morgan fingerprint density at radius 1 is 1.17 bits per heavy atom. The van der Waals surface area contributed by atoms with E-state index in [9.17, 15) is 14.4 Å². The van der Waals surface area contributed by atoms with E-state index in [4.69, 9.17) is 19.7 Å². The molecule has 1 fully saturated rings. The fourth-order valence-electron chi connectivity index (χ4n) is 2.82. The summed E-state index contributed by atoms with van der Waals surface area (Å²) >= 11 is 0. The summed E-state index contributed by atoms with van der Waals surface area (Å²) < 4.78 is 12.8. The zero-order valence-electron chi connectivity index (χ0n) is 12.8. The van der Waals surface area contributed by atoms with E-state index < -0.39 is 23.8 Å². The summed E-state index contributed by atoms with van der Waals surface area (Å²) in [5, 5.41) is 17.6. The van der Waals surface area contributed by atoms with Gasteiger partial charge in [0, 0.05) is 12.8 Å². The van der Waals surface area contributed by atoms with Crippen LogP contribution in [0.15, 0.2) is 0 Å². The largest absolute Gasteiger partial charge is 0.481 e. The lowest BCUT2D eigenvalue weighted by Gasteiger charge is -2.18. The highest BCUT2D eigenvalue weighted by Crippen LogP contribution is 2.23. The molecular weight excluding hydrogens is 306 g/mol. The molecule has 0 bridgehead atoms. The first-order valence-electron chi connectivity index (χ1n) is 7.82. The summed E-state index contributed by atoms with van der Waals surface area (Å²) in [5.41, 5.74) is 0. The Bertz CT molecular complexity index is 502. The lowest BCUT2D eigenvalue weighted by molar-refractivity contribution is -0.610. The van der Waals surface area contributed by atoms with Crippen molar-refractivity contribution in [1.82, 2.24) is 0 Å². The molecule has 2 N–H and O–H groups in total. The molecule has 1 unspecified atom stereocenters. The SMILES string of the molecule is O=C(O)CCC(=O)OC[C@@H]1CC[C@H]([N+]2=CC(C(=O)O)CCC2)O1. The Labute approximate surface area is 133 Å². The van der Waals surface area contributed by atoms with Gasteiger partial charge in [-0.05, 0) is 12.8 Å². The highest BCUT2D eigenvalue weighted by molar-refractivity contribution is 5.86. The lowest BCUT2D eigenvalue weighted by Crippen LogP contribution is -2.36. The molecule has 0 spiro atoms. The van der Waals surface area contributed by atoms with Gasteiger partial charge in [0.2, 0.25) is 0 Å². The smallest absolute Gasteiger partial charge is 0.316 e. The molecule has 2 heterocycles. The standard InChI is InChI=1S/C15H21NO7/c17-13(18)5-6-14(19)22-9-11-3-4-12(23-11)16-7-1-2-10(8-16)15(20)21/h8,10-12H,1-7,9H2,(H-,17,18,20,21)/p+1/t10?,11-,12+/m0/s1. The Hall–Kier alpha value is -1.96. The zero-order valence-corrected chi connectivity index (χ0v) is 12.8. The third-order valence-electron chi connectivity index (χ3n) is 4.05. The van der Waals surface area contributed by atoms with Crippen LogP contribution in [-0.4, -0.2) is 64.4 Å². The molecule has 0 amide bonds. The van der Waals surface area contributed by atoms with Gasteiger partial charge in [-0.1, -0.05) is 0 Å². The molecule has 0 radical (unpaired) electrons. The van der Waals surface area contributed by atoms with Crippen molar-refractivity contribution in [2.24, 2.45) is 5.92 Å². The second-order valence-electron chi connectivity index (χ2n) is 5.84. The number of carboxylic acids is 2.